The Labute approximate surface area is 389 Å². The van der Waals surface area contributed by atoms with E-state index in [0.717, 1.165) is 61.3 Å². The molecule has 0 bridgehead atoms. The molecular formula is C65H41NO. The average molecular weight is 852 g/mol. The topological polar surface area (TPSA) is 16.4 Å². The molecule has 12 aromatic rings. The monoisotopic (exact) mass is 851 g/mol. The van der Waals surface area contributed by atoms with Crippen LogP contribution in [0.2, 0.25) is 0 Å². The molecule has 67 heavy (non-hydrogen) atoms. The van der Waals surface area contributed by atoms with Gasteiger partial charge in [0.15, 0.2) is 0 Å². The largest absolute Gasteiger partial charge is 0.455 e. The fourth-order valence-corrected chi connectivity index (χ4v) is 11.6. The molecule has 1 heterocycles. The van der Waals surface area contributed by atoms with E-state index in [4.69, 9.17) is 4.42 Å². The molecule has 1 spiro atoms. The van der Waals surface area contributed by atoms with Crippen LogP contribution in [0.1, 0.15) is 22.3 Å². The zero-order valence-corrected chi connectivity index (χ0v) is 36.5. The van der Waals surface area contributed by atoms with Crippen molar-refractivity contribution in [1.82, 2.24) is 0 Å². The Morgan fingerprint density at radius 3 is 1.48 bits per heavy atom. The number of rotatable bonds is 6. The number of hydrogen-bond acceptors (Lipinski definition) is 2. The first-order chi connectivity index (χ1) is 33.2. The highest BCUT2D eigenvalue weighted by Gasteiger charge is 2.51. The van der Waals surface area contributed by atoms with E-state index in [1.54, 1.807) is 0 Å². The second-order valence-electron chi connectivity index (χ2n) is 17.9. The second kappa shape index (κ2) is 14.7. The first-order valence-electron chi connectivity index (χ1n) is 23.2. The van der Waals surface area contributed by atoms with Crippen molar-refractivity contribution < 1.29 is 4.42 Å². The van der Waals surface area contributed by atoms with Gasteiger partial charge in [0, 0.05) is 33.4 Å². The van der Waals surface area contributed by atoms with E-state index in [9.17, 15) is 0 Å². The van der Waals surface area contributed by atoms with Crippen LogP contribution >= 0.6 is 0 Å². The summed E-state index contributed by atoms with van der Waals surface area (Å²) in [7, 11) is 0. The summed E-state index contributed by atoms with van der Waals surface area (Å²) in [4.78, 5) is 2.43. The molecule has 11 aromatic carbocycles. The molecule has 0 saturated heterocycles. The third kappa shape index (κ3) is 5.57. The van der Waals surface area contributed by atoms with Gasteiger partial charge in [0.1, 0.15) is 11.2 Å². The number of furan rings is 1. The van der Waals surface area contributed by atoms with Crippen LogP contribution in [0.25, 0.3) is 88.3 Å². The molecule has 0 amide bonds. The second-order valence-corrected chi connectivity index (χ2v) is 17.9. The van der Waals surface area contributed by atoms with Gasteiger partial charge in [0.05, 0.1) is 5.41 Å². The molecule has 0 unspecified atom stereocenters. The summed E-state index contributed by atoms with van der Waals surface area (Å²) in [6.07, 6.45) is 0. The van der Waals surface area contributed by atoms with Gasteiger partial charge in [-0.1, -0.05) is 200 Å². The van der Waals surface area contributed by atoms with Gasteiger partial charge in [-0.25, -0.2) is 0 Å². The lowest BCUT2D eigenvalue weighted by Gasteiger charge is -2.32. The van der Waals surface area contributed by atoms with E-state index in [-0.39, 0.29) is 0 Å². The molecule has 0 aliphatic heterocycles. The van der Waals surface area contributed by atoms with Crippen molar-refractivity contribution in [3.05, 3.63) is 271 Å². The van der Waals surface area contributed by atoms with Crippen molar-refractivity contribution in [2.75, 3.05) is 4.90 Å². The van der Waals surface area contributed by atoms with Crippen LogP contribution in [0.15, 0.2) is 253 Å². The number of benzene rings is 11. The Morgan fingerprint density at radius 2 is 0.776 bits per heavy atom. The third-order valence-corrected chi connectivity index (χ3v) is 14.5. The molecule has 0 N–H and O–H groups in total. The molecule has 1 aromatic heterocycles. The van der Waals surface area contributed by atoms with Crippen molar-refractivity contribution in [3.63, 3.8) is 0 Å². The van der Waals surface area contributed by atoms with Crippen molar-refractivity contribution >= 4 is 49.8 Å². The molecule has 14 rings (SSSR count). The molecule has 0 radical (unpaired) electrons. The van der Waals surface area contributed by atoms with Crippen molar-refractivity contribution in [1.29, 1.82) is 0 Å². The minimum absolute atomic E-state index is 0.444. The van der Waals surface area contributed by atoms with E-state index in [0.29, 0.717) is 0 Å². The van der Waals surface area contributed by atoms with Crippen LogP contribution < -0.4 is 4.90 Å². The number of para-hydroxylation sites is 1. The van der Waals surface area contributed by atoms with Crippen molar-refractivity contribution in [2.24, 2.45) is 0 Å². The third-order valence-electron chi connectivity index (χ3n) is 14.5. The lowest BCUT2D eigenvalue weighted by molar-refractivity contribution is 0.670. The zero-order chi connectivity index (χ0) is 44.1. The summed E-state index contributed by atoms with van der Waals surface area (Å²) in [6, 6.07) is 91.2. The smallest absolute Gasteiger partial charge is 0.143 e. The summed E-state index contributed by atoms with van der Waals surface area (Å²) in [5.41, 5.74) is 22.1. The van der Waals surface area contributed by atoms with Crippen LogP contribution in [-0.4, -0.2) is 0 Å². The normalized spacial score (nSPS) is 12.9. The molecular weight excluding hydrogens is 811 g/mol. The predicted octanol–water partition coefficient (Wildman–Crippen LogP) is 17.6. The van der Waals surface area contributed by atoms with Gasteiger partial charge in [-0.2, -0.15) is 0 Å². The molecule has 2 heteroatoms. The van der Waals surface area contributed by atoms with E-state index >= 15 is 0 Å². The fraction of sp³-hybridized carbons (Fsp3) is 0.0154. The Kier molecular flexibility index (Phi) is 8.23. The van der Waals surface area contributed by atoms with Gasteiger partial charge >= 0.3 is 0 Å². The van der Waals surface area contributed by atoms with Gasteiger partial charge < -0.3 is 9.32 Å². The van der Waals surface area contributed by atoms with Gasteiger partial charge in [0.2, 0.25) is 0 Å². The van der Waals surface area contributed by atoms with E-state index in [2.05, 4.69) is 254 Å². The van der Waals surface area contributed by atoms with Gasteiger partial charge in [-0.3, -0.25) is 0 Å². The zero-order valence-electron chi connectivity index (χ0n) is 36.5. The molecule has 0 atom stereocenters. The number of nitrogens with zero attached hydrogens (tertiary/aromatic N) is 1. The number of fused-ring (bicyclic) bond motifs is 14. The fourth-order valence-electron chi connectivity index (χ4n) is 11.6. The summed E-state index contributed by atoms with van der Waals surface area (Å²) < 4.78 is 6.55. The van der Waals surface area contributed by atoms with Crippen molar-refractivity contribution in [2.45, 2.75) is 5.41 Å². The maximum Gasteiger partial charge on any atom is 0.143 e. The minimum atomic E-state index is -0.444. The van der Waals surface area contributed by atoms with Crippen LogP contribution in [0.4, 0.5) is 17.1 Å². The Balaban J connectivity index is 0.921. The molecule has 2 aliphatic rings. The summed E-state index contributed by atoms with van der Waals surface area (Å²) in [6.45, 7) is 0. The van der Waals surface area contributed by atoms with E-state index in [1.807, 2.05) is 0 Å². The van der Waals surface area contributed by atoms with E-state index < -0.39 is 5.41 Å². The van der Waals surface area contributed by atoms with Crippen LogP contribution in [0.5, 0.6) is 0 Å². The maximum atomic E-state index is 6.55. The SMILES string of the molecule is c1ccc(-c2cccc3c2oc2ccc(-c4ccc(N(c5ccc(-c6cccc7ccccc67)cc5)c5ccc6c(c5)C5(c7ccccc7-c7ccccc75)c5ccccc5-6)cc4)cc23)cc1. The highest BCUT2D eigenvalue weighted by Crippen LogP contribution is 2.63. The molecule has 312 valence electrons. The standard InChI is InChI=1S/C65H41NO/c1-2-14-44(15-3-1)52-23-13-24-57-58-40-46(32-39-63(58)67-64(52)57)42-28-33-47(34-29-42)66(48-35-30-45(31-36-48)51-22-12-17-43-16-4-5-18-50(43)51)49-37-38-56-55-21-8-11-27-61(55)65(62(56)41-49)59-25-9-6-19-53(59)54-20-7-10-26-60(54)65/h1-41H. The quantitative estimate of drug-likeness (QED) is 0.166. The number of hydrogen-bond donors (Lipinski definition) is 0. The summed E-state index contributed by atoms with van der Waals surface area (Å²) in [5, 5.41) is 4.73. The van der Waals surface area contributed by atoms with Crippen LogP contribution in [0, 0.1) is 0 Å². The lowest BCUT2D eigenvalue weighted by atomic mass is 9.70. The highest BCUT2D eigenvalue weighted by atomic mass is 16.3. The molecule has 2 aliphatic carbocycles. The van der Waals surface area contributed by atoms with Gasteiger partial charge in [-0.15, -0.1) is 0 Å². The minimum Gasteiger partial charge on any atom is -0.455 e. The first kappa shape index (κ1) is 37.6. The number of anilines is 3. The Hall–Kier alpha value is -8.72. The lowest BCUT2D eigenvalue weighted by Crippen LogP contribution is -2.26. The van der Waals surface area contributed by atoms with Gasteiger partial charge in [0.25, 0.3) is 0 Å². The Morgan fingerprint density at radius 1 is 0.284 bits per heavy atom. The van der Waals surface area contributed by atoms with E-state index in [1.165, 1.54) is 66.4 Å². The average Bonchev–Trinajstić information content (AvgIpc) is 4.03. The molecule has 2 nitrogen and oxygen atoms in total. The molecule has 0 saturated carbocycles. The first-order valence-corrected chi connectivity index (χ1v) is 23.2. The maximum absolute atomic E-state index is 6.55. The Bertz CT molecular complexity index is 3850. The predicted molar refractivity (Wildman–Crippen MR) is 279 cm³/mol. The van der Waals surface area contributed by atoms with Gasteiger partial charge in [-0.05, 0) is 132 Å². The summed E-state index contributed by atoms with van der Waals surface area (Å²) >= 11 is 0. The highest BCUT2D eigenvalue weighted by molar-refractivity contribution is 6.10. The summed E-state index contributed by atoms with van der Waals surface area (Å²) in [5.74, 6) is 0. The van der Waals surface area contributed by atoms with Crippen LogP contribution in [-0.2, 0) is 5.41 Å². The molecule has 0 fully saturated rings. The van der Waals surface area contributed by atoms with Crippen LogP contribution in [0.3, 0.4) is 0 Å². The van der Waals surface area contributed by atoms with Crippen molar-refractivity contribution in [3.8, 4) is 55.6 Å².